The summed E-state index contributed by atoms with van der Waals surface area (Å²) in [4.78, 5) is 2.51. The lowest BCUT2D eigenvalue weighted by Crippen LogP contribution is -2.29. The van der Waals surface area contributed by atoms with Crippen LogP contribution in [0.3, 0.4) is 0 Å². The molecule has 0 radical (unpaired) electrons. The smallest absolute Gasteiger partial charge is 0.0320 e. The van der Waals surface area contributed by atoms with Crippen molar-refractivity contribution in [2.75, 3.05) is 13.1 Å². The van der Waals surface area contributed by atoms with Crippen LogP contribution in [-0.2, 0) is 0 Å². The summed E-state index contributed by atoms with van der Waals surface area (Å²) in [6.07, 6.45) is 0. The number of likely N-dealkylation sites (tertiary alicyclic amines) is 1. The highest BCUT2D eigenvalue weighted by Gasteiger charge is 2.33. The highest BCUT2D eigenvalue weighted by Crippen LogP contribution is 2.32. The number of rotatable bonds is 3. The summed E-state index contributed by atoms with van der Waals surface area (Å²) < 4.78 is 0. The van der Waals surface area contributed by atoms with Gasteiger partial charge >= 0.3 is 0 Å². The molecule has 1 saturated heterocycles. The van der Waals surface area contributed by atoms with Gasteiger partial charge in [-0.2, -0.15) is 0 Å². The molecular weight excluding hydrogens is 256 g/mol. The van der Waals surface area contributed by atoms with Crippen molar-refractivity contribution >= 4 is 0 Å². The van der Waals surface area contributed by atoms with Gasteiger partial charge in [-0.25, -0.2) is 0 Å². The fourth-order valence-corrected chi connectivity index (χ4v) is 3.37. The van der Waals surface area contributed by atoms with E-state index in [1.807, 2.05) is 0 Å². The second-order valence-corrected chi connectivity index (χ2v) is 6.23. The summed E-state index contributed by atoms with van der Waals surface area (Å²) in [5.74, 6) is 0.443. The van der Waals surface area contributed by atoms with E-state index in [2.05, 4.69) is 73.3 Å². The predicted molar refractivity (Wildman–Crippen MR) is 88.3 cm³/mol. The molecule has 2 aromatic carbocycles. The van der Waals surface area contributed by atoms with E-state index in [1.54, 1.807) is 0 Å². The first kappa shape index (κ1) is 14.3. The molecule has 2 heteroatoms. The van der Waals surface area contributed by atoms with Crippen molar-refractivity contribution in [3.8, 4) is 0 Å². The average Bonchev–Trinajstić information content (AvgIpc) is 2.89. The Morgan fingerprint density at radius 1 is 1.05 bits per heavy atom. The first-order valence-corrected chi connectivity index (χ1v) is 7.76. The molecule has 1 aliphatic rings. The topological polar surface area (TPSA) is 29.3 Å². The van der Waals surface area contributed by atoms with Crippen LogP contribution in [0.5, 0.6) is 0 Å². The van der Waals surface area contributed by atoms with E-state index < -0.39 is 0 Å². The molecule has 2 aromatic rings. The third kappa shape index (κ3) is 3.02. The van der Waals surface area contributed by atoms with Gasteiger partial charge in [0, 0.05) is 31.1 Å². The molecule has 1 heterocycles. The third-order valence-corrected chi connectivity index (χ3v) is 4.69. The van der Waals surface area contributed by atoms with Gasteiger partial charge in [-0.3, -0.25) is 4.90 Å². The Hall–Kier alpha value is -1.64. The zero-order valence-electron chi connectivity index (χ0n) is 12.9. The SMILES string of the molecule is Cc1cccc(C(C)N2C[C@@H](N)[C@H](c3ccccc3)C2)c1. The largest absolute Gasteiger partial charge is 0.326 e. The van der Waals surface area contributed by atoms with Crippen LogP contribution in [0.25, 0.3) is 0 Å². The Morgan fingerprint density at radius 3 is 2.52 bits per heavy atom. The van der Waals surface area contributed by atoms with Crippen LogP contribution in [-0.4, -0.2) is 24.0 Å². The second-order valence-electron chi connectivity index (χ2n) is 6.23. The van der Waals surface area contributed by atoms with E-state index in [0.29, 0.717) is 12.0 Å². The van der Waals surface area contributed by atoms with Gasteiger partial charge < -0.3 is 5.73 Å². The maximum atomic E-state index is 6.41. The summed E-state index contributed by atoms with van der Waals surface area (Å²) in [5.41, 5.74) is 10.5. The minimum atomic E-state index is 0.222. The maximum absolute atomic E-state index is 6.41. The van der Waals surface area contributed by atoms with Gasteiger partial charge in [0.15, 0.2) is 0 Å². The van der Waals surface area contributed by atoms with Crippen LogP contribution < -0.4 is 5.73 Å². The summed E-state index contributed by atoms with van der Waals surface area (Å²) in [7, 11) is 0. The number of hydrogen-bond donors (Lipinski definition) is 1. The van der Waals surface area contributed by atoms with Gasteiger partial charge in [0.05, 0.1) is 0 Å². The Kier molecular flexibility index (Phi) is 4.09. The molecule has 1 fully saturated rings. The lowest BCUT2D eigenvalue weighted by molar-refractivity contribution is 0.257. The van der Waals surface area contributed by atoms with Crippen molar-refractivity contribution < 1.29 is 0 Å². The average molecular weight is 280 g/mol. The lowest BCUT2D eigenvalue weighted by atomic mass is 9.95. The van der Waals surface area contributed by atoms with E-state index in [4.69, 9.17) is 5.73 Å². The van der Waals surface area contributed by atoms with Crippen molar-refractivity contribution in [1.82, 2.24) is 4.90 Å². The van der Waals surface area contributed by atoms with E-state index in [1.165, 1.54) is 16.7 Å². The molecule has 1 unspecified atom stereocenters. The van der Waals surface area contributed by atoms with E-state index in [9.17, 15) is 0 Å². The standard InChI is InChI=1S/C19H24N2/c1-14-7-6-10-17(11-14)15(2)21-12-18(19(20)13-21)16-8-4-3-5-9-16/h3-11,15,18-19H,12-13,20H2,1-2H3/t15?,18-,19+/m0/s1. The molecule has 0 aliphatic carbocycles. The van der Waals surface area contributed by atoms with Gasteiger partial charge in [-0.1, -0.05) is 60.2 Å². The molecule has 0 aromatic heterocycles. The van der Waals surface area contributed by atoms with Gasteiger partial charge in [0.2, 0.25) is 0 Å². The monoisotopic (exact) mass is 280 g/mol. The minimum Gasteiger partial charge on any atom is -0.326 e. The normalized spacial score (nSPS) is 24.1. The summed E-state index contributed by atoms with van der Waals surface area (Å²) >= 11 is 0. The van der Waals surface area contributed by atoms with Crippen molar-refractivity contribution in [2.24, 2.45) is 5.73 Å². The zero-order valence-corrected chi connectivity index (χ0v) is 12.9. The molecule has 0 spiro atoms. The molecule has 0 amide bonds. The molecule has 21 heavy (non-hydrogen) atoms. The summed E-state index contributed by atoms with van der Waals surface area (Å²) in [5, 5.41) is 0. The van der Waals surface area contributed by atoms with Crippen LogP contribution in [0.2, 0.25) is 0 Å². The van der Waals surface area contributed by atoms with Gasteiger partial charge in [-0.05, 0) is 25.0 Å². The number of benzene rings is 2. The zero-order chi connectivity index (χ0) is 14.8. The Morgan fingerprint density at radius 2 is 1.81 bits per heavy atom. The van der Waals surface area contributed by atoms with Crippen LogP contribution >= 0.6 is 0 Å². The molecule has 1 aliphatic heterocycles. The number of hydrogen-bond acceptors (Lipinski definition) is 2. The summed E-state index contributed by atoms with van der Waals surface area (Å²) in [6, 6.07) is 20.1. The first-order chi connectivity index (χ1) is 10.1. The second kappa shape index (κ2) is 6.00. The van der Waals surface area contributed by atoms with Crippen LogP contribution in [0.4, 0.5) is 0 Å². The highest BCUT2D eigenvalue weighted by molar-refractivity contribution is 5.27. The van der Waals surface area contributed by atoms with E-state index >= 15 is 0 Å². The molecule has 0 bridgehead atoms. The number of aryl methyl sites for hydroxylation is 1. The van der Waals surface area contributed by atoms with Gasteiger partial charge in [-0.15, -0.1) is 0 Å². The molecule has 110 valence electrons. The Bertz CT molecular complexity index is 594. The summed E-state index contributed by atoms with van der Waals surface area (Å²) in [6.45, 7) is 6.45. The van der Waals surface area contributed by atoms with E-state index in [0.717, 1.165) is 13.1 Å². The Balaban J connectivity index is 1.76. The van der Waals surface area contributed by atoms with Crippen LogP contribution in [0.15, 0.2) is 54.6 Å². The fourth-order valence-electron chi connectivity index (χ4n) is 3.37. The molecule has 3 rings (SSSR count). The van der Waals surface area contributed by atoms with E-state index in [-0.39, 0.29) is 6.04 Å². The molecule has 0 saturated carbocycles. The lowest BCUT2D eigenvalue weighted by Gasteiger charge is -2.25. The predicted octanol–water partition coefficient (Wildman–Crippen LogP) is 3.48. The quantitative estimate of drug-likeness (QED) is 0.932. The van der Waals surface area contributed by atoms with Crippen molar-refractivity contribution in [3.05, 3.63) is 71.3 Å². The molecule has 2 nitrogen and oxygen atoms in total. The van der Waals surface area contributed by atoms with Crippen molar-refractivity contribution in [1.29, 1.82) is 0 Å². The Labute approximate surface area is 127 Å². The van der Waals surface area contributed by atoms with Gasteiger partial charge in [0.1, 0.15) is 0 Å². The highest BCUT2D eigenvalue weighted by atomic mass is 15.2. The molecular formula is C19H24N2. The fraction of sp³-hybridized carbons (Fsp3) is 0.368. The number of nitrogens with zero attached hydrogens (tertiary/aromatic N) is 1. The minimum absolute atomic E-state index is 0.222. The molecule has 3 atom stereocenters. The van der Waals surface area contributed by atoms with Crippen LogP contribution in [0, 0.1) is 6.92 Å². The third-order valence-electron chi connectivity index (χ3n) is 4.69. The van der Waals surface area contributed by atoms with Crippen molar-refractivity contribution in [3.63, 3.8) is 0 Å². The number of nitrogens with two attached hydrogens (primary N) is 1. The molecule has 2 N–H and O–H groups in total. The first-order valence-electron chi connectivity index (χ1n) is 7.76. The van der Waals surface area contributed by atoms with Crippen LogP contribution in [0.1, 0.15) is 35.6 Å². The van der Waals surface area contributed by atoms with Gasteiger partial charge in [0.25, 0.3) is 0 Å². The van der Waals surface area contributed by atoms with Crippen molar-refractivity contribution in [2.45, 2.75) is 31.8 Å². The maximum Gasteiger partial charge on any atom is 0.0320 e.